The largest absolute Gasteiger partial charge is 0.469 e. The molecule has 96 valence electrons. The summed E-state index contributed by atoms with van der Waals surface area (Å²) < 4.78 is 5.27. The van der Waals surface area contributed by atoms with Crippen LogP contribution in [-0.4, -0.2) is 23.1 Å². The van der Waals surface area contributed by atoms with E-state index in [1.54, 1.807) is 6.26 Å². The molecule has 0 bridgehead atoms. The van der Waals surface area contributed by atoms with Crippen LogP contribution in [0.4, 0.5) is 11.8 Å². The van der Waals surface area contributed by atoms with Gasteiger partial charge in [-0.1, -0.05) is 0 Å². The van der Waals surface area contributed by atoms with Crippen molar-refractivity contribution in [1.29, 1.82) is 0 Å². The number of nitrogens with one attached hydrogen (secondary N) is 2. The number of aryl methyl sites for hydroxylation is 1. The van der Waals surface area contributed by atoms with Crippen molar-refractivity contribution in [3.05, 3.63) is 35.9 Å². The Hall–Kier alpha value is -2.04. The molecule has 0 radical (unpaired) electrons. The molecule has 0 aliphatic carbocycles. The van der Waals surface area contributed by atoms with Gasteiger partial charge in [-0.25, -0.2) is 4.98 Å². The molecule has 0 atom stereocenters. The second-order valence-corrected chi connectivity index (χ2v) is 4.00. The Kier molecular flexibility index (Phi) is 4.17. The monoisotopic (exact) mass is 246 g/mol. The van der Waals surface area contributed by atoms with Gasteiger partial charge in [0.05, 0.1) is 6.26 Å². The van der Waals surface area contributed by atoms with Gasteiger partial charge in [0.2, 0.25) is 5.95 Å². The van der Waals surface area contributed by atoms with Crippen molar-refractivity contribution in [2.24, 2.45) is 0 Å². The predicted molar refractivity (Wildman–Crippen MR) is 71.8 cm³/mol. The number of aromatic nitrogens is 2. The summed E-state index contributed by atoms with van der Waals surface area (Å²) in [5.41, 5.74) is 0.946. The van der Waals surface area contributed by atoms with Crippen LogP contribution in [0.15, 0.2) is 28.9 Å². The molecule has 5 heteroatoms. The number of hydrogen-bond donors (Lipinski definition) is 2. The smallest absolute Gasteiger partial charge is 0.224 e. The Balaban J connectivity index is 1.92. The topological polar surface area (TPSA) is 63.0 Å². The zero-order chi connectivity index (χ0) is 12.8. The lowest BCUT2D eigenvalue weighted by atomic mass is 10.3. The Morgan fingerprint density at radius 2 is 2.17 bits per heavy atom. The minimum absolute atomic E-state index is 0.665. The number of nitrogens with zero attached hydrogens (tertiary/aromatic N) is 2. The summed E-state index contributed by atoms with van der Waals surface area (Å²) in [6.07, 6.45) is 2.53. The number of rotatable bonds is 6. The first-order valence-electron chi connectivity index (χ1n) is 6.13. The van der Waals surface area contributed by atoms with E-state index >= 15 is 0 Å². The van der Waals surface area contributed by atoms with Gasteiger partial charge in [-0.05, 0) is 26.0 Å². The molecule has 2 aromatic rings. The van der Waals surface area contributed by atoms with E-state index in [2.05, 4.69) is 20.6 Å². The average Bonchev–Trinajstić information content (AvgIpc) is 2.82. The van der Waals surface area contributed by atoms with Crippen LogP contribution < -0.4 is 10.6 Å². The maximum absolute atomic E-state index is 5.27. The molecule has 2 rings (SSSR count). The number of hydrogen-bond acceptors (Lipinski definition) is 5. The first-order chi connectivity index (χ1) is 8.78. The van der Waals surface area contributed by atoms with Crippen LogP contribution in [0.2, 0.25) is 0 Å². The highest BCUT2D eigenvalue weighted by Crippen LogP contribution is 2.10. The van der Waals surface area contributed by atoms with Crippen molar-refractivity contribution in [3.63, 3.8) is 0 Å². The van der Waals surface area contributed by atoms with Crippen LogP contribution in [0.3, 0.4) is 0 Å². The fourth-order valence-corrected chi connectivity index (χ4v) is 1.66. The van der Waals surface area contributed by atoms with Gasteiger partial charge < -0.3 is 15.1 Å². The lowest BCUT2D eigenvalue weighted by molar-refractivity contribution is 0.513. The SMILES string of the molecule is CCNc1nc(C)cc(NCCc2ccco2)n1. The molecule has 0 amide bonds. The normalized spacial score (nSPS) is 10.3. The lowest BCUT2D eigenvalue weighted by Gasteiger charge is -2.08. The molecule has 5 nitrogen and oxygen atoms in total. The fourth-order valence-electron chi connectivity index (χ4n) is 1.66. The van der Waals surface area contributed by atoms with E-state index < -0.39 is 0 Å². The van der Waals surface area contributed by atoms with E-state index in [9.17, 15) is 0 Å². The van der Waals surface area contributed by atoms with Gasteiger partial charge >= 0.3 is 0 Å². The summed E-state index contributed by atoms with van der Waals surface area (Å²) in [5, 5.41) is 6.38. The quantitative estimate of drug-likeness (QED) is 0.819. The third-order valence-electron chi connectivity index (χ3n) is 2.45. The molecule has 2 N–H and O–H groups in total. The molecule has 0 saturated carbocycles. The third-order valence-corrected chi connectivity index (χ3v) is 2.45. The molecule has 0 fully saturated rings. The first kappa shape index (κ1) is 12.4. The molecule has 18 heavy (non-hydrogen) atoms. The van der Waals surface area contributed by atoms with Crippen LogP contribution in [0.1, 0.15) is 18.4 Å². The standard InChI is InChI=1S/C13H18N4O/c1-3-14-13-16-10(2)9-12(17-13)15-7-6-11-5-4-8-18-11/h4-5,8-9H,3,6-7H2,1-2H3,(H2,14,15,16,17). The van der Waals surface area contributed by atoms with Crippen LogP contribution in [0.25, 0.3) is 0 Å². The summed E-state index contributed by atoms with van der Waals surface area (Å²) in [7, 11) is 0. The Morgan fingerprint density at radius 1 is 1.28 bits per heavy atom. The molecule has 0 unspecified atom stereocenters. The zero-order valence-corrected chi connectivity index (χ0v) is 10.7. The summed E-state index contributed by atoms with van der Waals surface area (Å²) in [6.45, 7) is 5.58. The Labute approximate surface area is 107 Å². The van der Waals surface area contributed by atoms with E-state index in [0.717, 1.165) is 36.8 Å². The van der Waals surface area contributed by atoms with Gasteiger partial charge in [-0.2, -0.15) is 4.98 Å². The number of furan rings is 1. The summed E-state index contributed by atoms with van der Waals surface area (Å²) in [5.74, 6) is 2.48. The van der Waals surface area contributed by atoms with Gasteiger partial charge in [0, 0.05) is 31.3 Å². The molecule has 0 spiro atoms. The van der Waals surface area contributed by atoms with E-state index in [1.165, 1.54) is 0 Å². The van der Waals surface area contributed by atoms with Crippen molar-refractivity contribution < 1.29 is 4.42 Å². The zero-order valence-electron chi connectivity index (χ0n) is 10.7. The fraction of sp³-hybridized carbons (Fsp3) is 0.385. The van der Waals surface area contributed by atoms with Crippen LogP contribution in [0, 0.1) is 6.92 Å². The highest BCUT2D eigenvalue weighted by atomic mass is 16.3. The van der Waals surface area contributed by atoms with Crippen LogP contribution in [0.5, 0.6) is 0 Å². The average molecular weight is 246 g/mol. The van der Waals surface area contributed by atoms with Crippen molar-refractivity contribution in [2.75, 3.05) is 23.7 Å². The molecule has 0 aliphatic rings. The van der Waals surface area contributed by atoms with Crippen molar-refractivity contribution in [1.82, 2.24) is 9.97 Å². The van der Waals surface area contributed by atoms with E-state index in [0.29, 0.717) is 5.95 Å². The molecule has 0 aliphatic heterocycles. The van der Waals surface area contributed by atoms with Gasteiger partial charge in [-0.15, -0.1) is 0 Å². The second-order valence-electron chi connectivity index (χ2n) is 4.00. The number of anilines is 2. The summed E-state index contributed by atoms with van der Waals surface area (Å²) in [6, 6.07) is 5.80. The van der Waals surface area contributed by atoms with Crippen molar-refractivity contribution in [3.8, 4) is 0 Å². The molecule has 0 saturated heterocycles. The molecule has 0 aromatic carbocycles. The maximum atomic E-state index is 5.27. The van der Waals surface area contributed by atoms with Crippen molar-refractivity contribution >= 4 is 11.8 Å². The highest BCUT2D eigenvalue weighted by Gasteiger charge is 2.01. The third kappa shape index (κ3) is 3.48. The molecule has 2 aromatic heterocycles. The highest BCUT2D eigenvalue weighted by molar-refractivity contribution is 5.42. The summed E-state index contributed by atoms with van der Waals surface area (Å²) >= 11 is 0. The van der Waals surface area contributed by atoms with Gasteiger partial charge in [0.1, 0.15) is 11.6 Å². The van der Waals surface area contributed by atoms with E-state index in [1.807, 2.05) is 32.0 Å². The van der Waals surface area contributed by atoms with E-state index in [4.69, 9.17) is 4.42 Å². The first-order valence-corrected chi connectivity index (χ1v) is 6.13. The molecule has 2 heterocycles. The van der Waals surface area contributed by atoms with Crippen LogP contribution in [-0.2, 0) is 6.42 Å². The minimum Gasteiger partial charge on any atom is -0.469 e. The minimum atomic E-state index is 0.665. The Morgan fingerprint density at radius 3 is 2.89 bits per heavy atom. The molecular weight excluding hydrogens is 228 g/mol. The Bertz CT molecular complexity index is 482. The lowest BCUT2D eigenvalue weighted by Crippen LogP contribution is -2.09. The molecular formula is C13H18N4O. The second kappa shape index (κ2) is 6.05. The van der Waals surface area contributed by atoms with Gasteiger partial charge in [-0.3, -0.25) is 0 Å². The van der Waals surface area contributed by atoms with Crippen molar-refractivity contribution in [2.45, 2.75) is 20.3 Å². The predicted octanol–water partition coefficient (Wildman–Crippen LogP) is 2.46. The maximum Gasteiger partial charge on any atom is 0.224 e. The van der Waals surface area contributed by atoms with Gasteiger partial charge in [0.25, 0.3) is 0 Å². The summed E-state index contributed by atoms with van der Waals surface area (Å²) in [4.78, 5) is 8.68. The van der Waals surface area contributed by atoms with Crippen LogP contribution >= 0.6 is 0 Å². The van der Waals surface area contributed by atoms with Gasteiger partial charge in [0.15, 0.2) is 0 Å². The van der Waals surface area contributed by atoms with E-state index in [-0.39, 0.29) is 0 Å².